The number of amides is 2. The van der Waals surface area contributed by atoms with Gasteiger partial charge in [0.1, 0.15) is 0 Å². The van der Waals surface area contributed by atoms with Crippen LogP contribution in [0.15, 0.2) is 29.2 Å². The number of benzene rings is 1. The zero-order valence-corrected chi connectivity index (χ0v) is 19.8. The van der Waals surface area contributed by atoms with Gasteiger partial charge in [-0.25, -0.2) is 13.2 Å². The monoisotopic (exact) mass is 457 g/mol. The maximum Gasteiger partial charge on any atom is 0.315 e. The van der Waals surface area contributed by atoms with Gasteiger partial charge in [-0.3, -0.25) is 0 Å². The lowest BCUT2D eigenvalue weighted by molar-refractivity contribution is -0.0457. The molecule has 5 fully saturated rings. The average molecular weight is 458 g/mol. The minimum Gasteiger partial charge on any atom is -0.337 e. The third-order valence-corrected chi connectivity index (χ3v) is 11.5. The molecule has 3 unspecified atom stereocenters. The van der Waals surface area contributed by atoms with Crippen molar-refractivity contribution < 1.29 is 13.2 Å². The number of fused-ring (bicyclic) bond motifs is 2. The average Bonchev–Trinajstić information content (AvgIpc) is 3.08. The Morgan fingerprint density at radius 1 is 1.12 bits per heavy atom. The number of sulfonamides is 1. The first-order valence-corrected chi connectivity index (χ1v) is 13.9. The van der Waals surface area contributed by atoms with Crippen LogP contribution in [0.25, 0.3) is 0 Å². The molecule has 4 aliphatic carbocycles. The first-order valence-electron chi connectivity index (χ1n) is 12.5. The van der Waals surface area contributed by atoms with Gasteiger partial charge in [0, 0.05) is 24.7 Å². The molecule has 174 valence electrons. The summed E-state index contributed by atoms with van der Waals surface area (Å²) in [4.78, 5) is 13.4. The third-order valence-electron chi connectivity index (χ3n) is 9.58. The molecule has 6 atom stereocenters. The number of rotatable bonds is 5. The zero-order valence-electron chi connectivity index (χ0n) is 19.0. The van der Waals surface area contributed by atoms with Gasteiger partial charge in [-0.2, -0.15) is 4.31 Å². The van der Waals surface area contributed by atoms with Crippen LogP contribution in [-0.2, 0) is 10.0 Å². The molecule has 1 aliphatic heterocycles. The SMILES string of the molecule is Cc1cccc(S(=O)(=O)N2CCCCC2CNC(=O)N[C@]23CC4C[C@H]5C[C@H](C2)C3(C4)C5)c1. The van der Waals surface area contributed by atoms with Crippen LogP contribution in [0.5, 0.6) is 0 Å². The van der Waals surface area contributed by atoms with Crippen molar-refractivity contribution >= 4 is 16.1 Å². The Morgan fingerprint density at radius 3 is 2.81 bits per heavy atom. The number of urea groups is 1. The molecule has 1 aromatic carbocycles. The second-order valence-electron chi connectivity index (χ2n) is 11.4. The number of carbonyl (C=O) groups is 1. The first kappa shape index (κ1) is 21.0. The number of hydrogen-bond donors (Lipinski definition) is 2. The van der Waals surface area contributed by atoms with Crippen LogP contribution in [0.3, 0.4) is 0 Å². The molecule has 1 saturated heterocycles. The summed E-state index contributed by atoms with van der Waals surface area (Å²) in [5.41, 5.74) is 1.30. The Hall–Kier alpha value is -1.60. The van der Waals surface area contributed by atoms with Crippen molar-refractivity contribution in [3.05, 3.63) is 29.8 Å². The van der Waals surface area contributed by atoms with Gasteiger partial charge < -0.3 is 10.6 Å². The molecular formula is C25H35N3O3S. The number of nitrogens with zero attached hydrogens (tertiary/aromatic N) is 1. The standard InChI is InChI=1S/C25H35N3O3S/c1-17-5-4-7-22(9-17)32(30,31)28-8-3-2-6-21(28)16-26-23(29)27-25-14-19-10-18-11-20(15-25)24(25,12-18)13-19/h4-5,7,9,18-21H,2-3,6,8,10-16H2,1H3,(H2,26,27,29)/t18-,19?,20+,21?,24?,25+/m0/s1. The number of hydrogen-bond acceptors (Lipinski definition) is 3. The van der Waals surface area contributed by atoms with E-state index in [0.29, 0.717) is 23.4 Å². The largest absolute Gasteiger partial charge is 0.337 e. The van der Waals surface area contributed by atoms with Crippen molar-refractivity contribution in [2.24, 2.45) is 23.2 Å². The lowest BCUT2D eigenvalue weighted by Gasteiger charge is -2.59. The molecule has 1 spiro atoms. The van der Waals surface area contributed by atoms with Crippen LogP contribution in [0, 0.1) is 30.1 Å². The number of aryl methyl sites for hydroxylation is 1. The summed E-state index contributed by atoms with van der Waals surface area (Å²) >= 11 is 0. The van der Waals surface area contributed by atoms with Gasteiger partial charge in [0.05, 0.1) is 4.90 Å². The highest BCUT2D eigenvalue weighted by atomic mass is 32.2. The quantitative estimate of drug-likeness (QED) is 0.706. The van der Waals surface area contributed by atoms with E-state index in [9.17, 15) is 13.2 Å². The smallest absolute Gasteiger partial charge is 0.315 e. The van der Waals surface area contributed by atoms with E-state index in [2.05, 4.69) is 10.6 Å². The molecule has 2 N–H and O–H groups in total. The van der Waals surface area contributed by atoms with Crippen LogP contribution in [0.2, 0.25) is 0 Å². The van der Waals surface area contributed by atoms with E-state index >= 15 is 0 Å². The molecule has 0 aromatic heterocycles. The summed E-state index contributed by atoms with van der Waals surface area (Å²) in [5.74, 6) is 2.49. The number of carbonyl (C=O) groups excluding carboxylic acids is 1. The van der Waals surface area contributed by atoms with Crippen molar-refractivity contribution in [1.29, 1.82) is 0 Å². The van der Waals surface area contributed by atoms with Crippen LogP contribution >= 0.6 is 0 Å². The van der Waals surface area contributed by atoms with Crippen LogP contribution in [0.1, 0.15) is 63.4 Å². The second kappa shape index (κ2) is 7.20. The molecule has 1 aromatic rings. The molecule has 1 heterocycles. The zero-order chi connectivity index (χ0) is 22.1. The van der Waals surface area contributed by atoms with Crippen LogP contribution in [0.4, 0.5) is 4.79 Å². The fourth-order valence-electron chi connectivity index (χ4n) is 8.48. The Kier molecular flexibility index (Phi) is 4.72. The molecule has 6 nitrogen and oxygen atoms in total. The second-order valence-corrected chi connectivity index (χ2v) is 13.3. The van der Waals surface area contributed by atoms with Gasteiger partial charge in [0.25, 0.3) is 0 Å². The van der Waals surface area contributed by atoms with Crippen molar-refractivity contribution in [2.75, 3.05) is 13.1 Å². The van der Waals surface area contributed by atoms with E-state index < -0.39 is 10.0 Å². The Bertz CT molecular complexity index is 1040. The van der Waals surface area contributed by atoms with Crippen molar-refractivity contribution in [3.63, 3.8) is 0 Å². The molecule has 0 radical (unpaired) electrons. The van der Waals surface area contributed by atoms with Crippen LogP contribution < -0.4 is 10.6 Å². The predicted molar refractivity (Wildman–Crippen MR) is 123 cm³/mol. The molecule has 32 heavy (non-hydrogen) atoms. The molecule has 5 aliphatic rings. The van der Waals surface area contributed by atoms with Crippen molar-refractivity contribution in [2.45, 2.75) is 81.2 Å². The van der Waals surface area contributed by atoms with E-state index in [1.807, 2.05) is 13.0 Å². The summed E-state index contributed by atoms with van der Waals surface area (Å²) < 4.78 is 28.3. The van der Waals surface area contributed by atoms with E-state index in [1.54, 1.807) is 22.5 Å². The van der Waals surface area contributed by atoms with Gasteiger partial charge >= 0.3 is 6.03 Å². The van der Waals surface area contributed by atoms with Gasteiger partial charge in [-0.05, 0) is 99.2 Å². The van der Waals surface area contributed by atoms with E-state index in [1.165, 1.54) is 25.7 Å². The fraction of sp³-hybridized carbons (Fsp3) is 0.720. The summed E-state index contributed by atoms with van der Waals surface area (Å²) in [7, 11) is -3.57. The fourth-order valence-corrected chi connectivity index (χ4v) is 10.3. The topological polar surface area (TPSA) is 78.5 Å². The molecule has 3 bridgehead atoms. The Labute approximate surface area is 191 Å². The van der Waals surface area contributed by atoms with E-state index in [-0.39, 0.29) is 17.6 Å². The van der Waals surface area contributed by atoms with E-state index in [0.717, 1.165) is 55.4 Å². The van der Waals surface area contributed by atoms with Gasteiger partial charge in [-0.15, -0.1) is 0 Å². The predicted octanol–water partition coefficient (Wildman–Crippen LogP) is 3.81. The van der Waals surface area contributed by atoms with Crippen LogP contribution in [-0.4, -0.2) is 43.4 Å². The third kappa shape index (κ3) is 2.99. The molecule has 6 rings (SSSR count). The summed E-state index contributed by atoms with van der Waals surface area (Å²) in [6, 6.07) is 6.82. The van der Waals surface area contributed by atoms with Crippen molar-refractivity contribution in [3.8, 4) is 0 Å². The molecular weight excluding hydrogens is 422 g/mol. The summed E-state index contributed by atoms with van der Waals surface area (Å²) in [6.45, 7) is 2.80. The Balaban J connectivity index is 1.13. The lowest BCUT2D eigenvalue weighted by Crippen LogP contribution is -2.68. The lowest BCUT2D eigenvalue weighted by atomic mass is 9.51. The maximum atomic E-state index is 13.3. The van der Waals surface area contributed by atoms with E-state index in [4.69, 9.17) is 0 Å². The maximum absolute atomic E-state index is 13.3. The highest BCUT2D eigenvalue weighted by Gasteiger charge is 2.74. The molecule has 2 amide bonds. The van der Waals surface area contributed by atoms with Crippen molar-refractivity contribution in [1.82, 2.24) is 14.9 Å². The summed E-state index contributed by atoms with van der Waals surface area (Å²) in [5, 5.41) is 6.50. The number of nitrogens with one attached hydrogen (secondary N) is 2. The number of piperidine rings is 1. The Morgan fingerprint density at radius 2 is 1.97 bits per heavy atom. The first-order chi connectivity index (χ1) is 15.3. The summed E-state index contributed by atoms with van der Waals surface area (Å²) in [6.07, 6.45) is 10.3. The highest BCUT2D eigenvalue weighted by molar-refractivity contribution is 7.89. The normalized spacial score (nSPS) is 40.0. The van der Waals surface area contributed by atoms with Gasteiger partial charge in [0.2, 0.25) is 10.0 Å². The molecule has 4 saturated carbocycles. The highest BCUT2D eigenvalue weighted by Crippen LogP contribution is 2.77. The minimum atomic E-state index is -3.57. The molecule has 7 heteroatoms. The van der Waals surface area contributed by atoms with Gasteiger partial charge in [-0.1, -0.05) is 18.6 Å². The van der Waals surface area contributed by atoms with Gasteiger partial charge in [0.15, 0.2) is 0 Å². The minimum absolute atomic E-state index is 0.00242.